The zero-order valence-electron chi connectivity index (χ0n) is 15.1. The van der Waals surface area contributed by atoms with Crippen LogP contribution >= 0.6 is 0 Å². The van der Waals surface area contributed by atoms with Crippen molar-refractivity contribution < 1.29 is 4.42 Å². The zero-order valence-corrected chi connectivity index (χ0v) is 15.1. The van der Waals surface area contributed by atoms with E-state index in [1.54, 1.807) is 0 Å². The molecule has 0 fully saturated rings. The average molecular weight is 330 g/mol. The summed E-state index contributed by atoms with van der Waals surface area (Å²) in [5, 5.41) is 2.14. The zero-order chi connectivity index (χ0) is 17.6. The molecule has 0 aliphatic rings. The van der Waals surface area contributed by atoms with Gasteiger partial charge in [-0.15, -0.1) is 0 Å². The number of furan rings is 1. The number of pyridine rings is 2. The summed E-state index contributed by atoms with van der Waals surface area (Å²) in [6, 6.07) is 14.6. The predicted molar refractivity (Wildman–Crippen MR) is 103 cm³/mol. The first-order valence-corrected chi connectivity index (χ1v) is 8.83. The van der Waals surface area contributed by atoms with E-state index >= 15 is 0 Å². The number of hydrogen-bond donors (Lipinski definition) is 0. The summed E-state index contributed by atoms with van der Waals surface area (Å²) in [6.07, 6.45) is 1.95. The van der Waals surface area contributed by atoms with Gasteiger partial charge in [-0.2, -0.15) is 0 Å². The summed E-state index contributed by atoms with van der Waals surface area (Å²) in [5.41, 5.74) is 5.79. The lowest BCUT2D eigenvalue weighted by molar-refractivity contribution is 0.648. The van der Waals surface area contributed by atoms with Crippen molar-refractivity contribution in [1.82, 2.24) is 9.97 Å². The van der Waals surface area contributed by atoms with Gasteiger partial charge in [0, 0.05) is 28.2 Å². The first kappa shape index (κ1) is 15.8. The molecule has 3 aromatic heterocycles. The highest BCUT2D eigenvalue weighted by Crippen LogP contribution is 2.35. The molecule has 0 aliphatic carbocycles. The quantitative estimate of drug-likeness (QED) is 0.443. The van der Waals surface area contributed by atoms with Crippen molar-refractivity contribution >= 4 is 22.1 Å². The van der Waals surface area contributed by atoms with E-state index in [0.29, 0.717) is 17.5 Å². The van der Waals surface area contributed by atoms with Crippen LogP contribution < -0.4 is 0 Å². The number of nitrogens with zero attached hydrogens (tertiary/aromatic N) is 2. The fourth-order valence-corrected chi connectivity index (χ4v) is 3.12. The third kappa shape index (κ3) is 2.70. The minimum Gasteiger partial charge on any atom is -0.437 e. The summed E-state index contributed by atoms with van der Waals surface area (Å²) < 4.78 is 6.16. The highest BCUT2D eigenvalue weighted by atomic mass is 16.3. The summed E-state index contributed by atoms with van der Waals surface area (Å²) >= 11 is 0. The Bertz CT molecular complexity index is 1040. The Morgan fingerprint density at radius 1 is 0.840 bits per heavy atom. The highest BCUT2D eigenvalue weighted by Gasteiger charge is 2.15. The van der Waals surface area contributed by atoms with Crippen LogP contribution in [0.15, 0.2) is 53.1 Å². The molecule has 25 heavy (non-hydrogen) atoms. The van der Waals surface area contributed by atoms with Gasteiger partial charge in [-0.05, 0) is 41.7 Å². The molecule has 4 rings (SSSR count). The Morgan fingerprint density at radius 2 is 1.68 bits per heavy atom. The fraction of sp³-hybridized carbons (Fsp3) is 0.273. The second-order valence-electron chi connectivity index (χ2n) is 7.16. The normalized spacial score (nSPS) is 11.9. The Balaban J connectivity index is 1.91. The van der Waals surface area contributed by atoms with Gasteiger partial charge in [0.05, 0.1) is 5.69 Å². The Hall–Kier alpha value is -2.68. The lowest BCUT2D eigenvalue weighted by Crippen LogP contribution is -1.90. The smallest absolute Gasteiger partial charge is 0.227 e. The van der Waals surface area contributed by atoms with Crippen molar-refractivity contribution in [2.24, 2.45) is 0 Å². The van der Waals surface area contributed by atoms with Crippen molar-refractivity contribution in [3.63, 3.8) is 0 Å². The molecule has 0 saturated heterocycles. The molecule has 1 aromatic carbocycles. The number of fused-ring (bicyclic) bond motifs is 3. The maximum atomic E-state index is 6.16. The molecule has 0 amide bonds. The number of hydrogen-bond acceptors (Lipinski definition) is 3. The van der Waals surface area contributed by atoms with Crippen LogP contribution in [0.1, 0.15) is 50.8 Å². The van der Waals surface area contributed by atoms with Crippen molar-refractivity contribution in [2.45, 2.75) is 39.5 Å². The molecule has 0 aliphatic heterocycles. The highest BCUT2D eigenvalue weighted by molar-refractivity contribution is 6.08. The Morgan fingerprint density at radius 3 is 2.36 bits per heavy atom. The van der Waals surface area contributed by atoms with Crippen LogP contribution in [0, 0.1) is 0 Å². The second kappa shape index (κ2) is 5.99. The molecular weight excluding hydrogens is 308 g/mol. The van der Waals surface area contributed by atoms with Crippen molar-refractivity contribution in [1.29, 1.82) is 0 Å². The van der Waals surface area contributed by atoms with Gasteiger partial charge in [-0.25, -0.2) is 4.98 Å². The van der Waals surface area contributed by atoms with Gasteiger partial charge in [-0.1, -0.05) is 45.9 Å². The number of rotatable bonds is 3. The van der Waals surface area contributed by atoms with Crippen LogP contribution in [-0.4, -0.2) is 9.97 Å². The molecule has 0 bridgehead atoms. The monoisotopic (exact) mass is 330 g/mol. The Labute approximate surface area is 147 Å². The summed E-state index contributed by atoms with van der Waals surface area (Å²) in [7, 11) is 0. The van der Waals surface area contributed by atoms with Gasteiger partial charge in [0.25, 0.3) is 0 Å². The molecule has 3 nitrogen and oxygen atoms in total. The molecule has 0 saturated carbocycles. The van der Waals surface area contributed by atoms with Gasteiger partial charge in [-0.3, -0.25) is 4.98 Å². The minimum absolute atomic E-state index is 0.377. The first-order valence-electron chi connectivity index (χ1n) is 8.83. The maximum absolute atomic E-state index is 6.16. The molecular formula is C22H22N2O. The standard InChI is InChI=1S/C22H22N2O/c1-13(2)15-8-10-20(23-12-15)18-7-5-6-16-17-9-11-19(14(3)4)24-22(17)25-21(16)18/h5-14H,1-4H3. The van der Waals surface area contributed by atoms with Crippen LogP contribution in [0.5, 0.6) is 0 Å². The second-order valence-corrected chi connectivity index (χ2v) is 7.16. The third-order valence-electron chi connectivity index (χ3n) is 4.71. The van der Waals surface area contributed by atoms with Crippen LogP contribution in [0.3, 0.4) is 0 Å². The van der Waals surface area contributed by atoms with Gasteiger partial charge in [0.2, 0.25) is 5.71 Å². The van der Waals surface area contributed by atoms with Crippen LogP contribution in [-0.2, 0) is 0 Å². The van der Waals surface area contributed by atoms with Crippen molar-refractivity contribution in [2.75, 3.05) is 0 Å². The van der Waals surface area contributed by atoms with Gasteiger partial charge in [0.1, 0.15) is 5.58 Å². The van der Waals surface area contributed by atoms with Gasteiger partial charge in [0.15, 0.2) is 0 Å². The summed E-state index contributed by atoms with van der Waals surface area (Å²) in [6.45, 7) is 8.63. The van der Waals surface area contributed by atoms with E-state index in [0.717, 1.165) is 33.3 Å². The third-order valence-corrected chi connectivity index (χ3v) is 4.71. The molecule has 0 atom stereocenters. The topological polar surface area (TPSA) is 38.9 Å². The molecule has 0 spiro atoms. The van der Waals surface area contributed by atoms with E-state index in [1.807, 2.05) is 6.20 Å². The van der Waals surface area contributed by atoms with E-state index < -0.39 is 0 Å². The lowest BCUT2D eigenvalue weighted by atomic mass is 10.0. The van der Waals surface area contributed by atoms with Gasteiger partial charge >= 0.3 is 0 Å². The summed E-state index contributed by atoms with van der Waals surface area (Å²) in [5.74, 6) is 0.851. The van der Waals surface area contributed by atoms with Crippen LogP contribution in [0.2, 0.25) is 0 Å². The largest absolute Gasteiger partial charge is 0.437 e. The average Bonchev–Trinajstić information content (AvgIpc) is 2.99. The maximum Gasteiger partial charge on any atom is 0.227 e. The number of para-hydroxylation sites is 1. The molecule has 4 aromatic rings. The molecule has 0 radical (unpaired) electrons. The van der Waals surface area contributed by atoms with E-state index in [9.17, 15) is 0 Å². The van der Waals surface area contributed by atoms with E-state index in [1.165, 1.54) is 5.56 Å². The molecule has 0 unspecified atom stereocenters. The molecule has 0 N–H and O–H groups in total. The van der Waals surface area contributed by atoms with E-state index in [-0.39, 0.29) is 0 Å². The molecule has 3 heterocycles. The van der Waals surface area contributed by atoms with Gasteiger partial charge < -0.3 is 4.42 Å². The number of aromatic nitrogens is 2. The Kier molecular flexibility index (Phi) is 3.79. The lowest BCUT2D eigenvalue weighted by Gasteiger charge is -2.06. The first-order chi connectivity index (χ1) is 12.0. The van der Waals surface area contributed by atoms with E-state index in [4.69, 9.17) is 9.40 Å². The SMILES string of the molecule is CC(C)c1ccc(-c2cccc3c2oc2nc(C(C)C)ccc23)nc1. The predicted octanol–water partition coefficient (Wildman–Crippen LogP) is 6.29. The van der Waals surface area contributed by atoms with Crippen LogP contribution in [0.25, 0.3) is 33.3 Å². The molecule has 3 heteroatoms. The summed E-state index contributed by atoms with van der Waals surface area (Å²) in [4.78, 5) is 9.35. The number of benzene rings is 1. The van der Waals surface area contributed by atoms with Crippen LogP contribution in [0.4, 0.5) is 0 Å². The molecule has 126 valence electrons. The minimum atomic E-state index is 0.377. The fourth-order valence-electron chi connectivity index (χ4n) is 3.12. The van der Waals surface area contributed by atoms with Crippen molar-refractivity contribution in [3.05, 3.63) is 59.9 Å². The van der Waals surface area contributed by atoms with E-state index in [2.05, 4.69) is 75.1 Å². The van der Waals surface area contributed by atoms with Crippen molar-refractivity contribution in [3.8, 4) is 11.3 Å².